The fourth-order valence-corrected chi connectivity index (χ4v) is 1.33. The zero-order valence-corrected chi connectivity index (χ0v) is 9.81. The van der Waals surface area contributed by atoms with Crippen molar-refractivity contribution in [1.29, 1.82) is 5.26 Å². The highest BCUT2D eigenvalue weighted by Crippen LogP contribution is 2.14. The Labute approximate surface area is 101 Å². The first-order valence-corrected chi connectivity index (χ1v) is 5.27. The Balaban J connectivity index is 2.68. The summed E-state index contributed by atoms with van der Waals surface area (Å²) in [4.78, 5) is 13.3. The molecule has 1 aromatic rings. The van der Waals surface area contributed by atoms with Crippen LogP contribution in [0.25, 0.3) is 0 Å². The van der Waals surface area contributed by atoms with Crippen molar-refractivity contribution in [3.63, 3.8) is 0 Å². The molecular weight excluding hydrogens is 214 g/mol. The van der Waals surface area contributed by atoms with Crippen molar-refractivity contribution in [2.75, 3.05) is 25.0 Å². The highest BCUT2D eigenvalue weighted by molar-refractivity contribution is 5.94. The van der Waals surface area contributed by atoms with Crippen LogP contribution in [0, 0.1) is 11.3 Å². The van der Waals surface area contributed by atoms with Crippen LogP contribution >= 0.6 is 0 Å². The summed E-state index contributed by atoms with van der Waals surface area (Å²) in [5.74, 6) is -0.0538. The number of amides is 1. The van der Waals surface area contributed by atoms with Crippen molar-refractivity contribution in [1.82, 2.24) is 5.32 Å². The highest BCUT2D eigenvalue weighted by Gasteiger charge is 2.10. The van der Waals surface area contributed by atoms with Gasteiger partial charge in [0.1, 0.15) is 0 Å². The number of hydrogen-bond donors (Lipinski definition) is 1. The number of rotatable bonds is 5. The van der Waals surface area contributed by atoms with E-state index < -0.39 is 0 Å². The van der Waals surface area contributed by atoms with Crippen molar-refractivity contribution in [2.24, 2.45) is 0 Å². The molecule has 0 unspecified atom stereocenters. The van der Waals surface area contributed by atoms with E-state index in [0.29, 0.717) is 12.1 Å². The summed E-state index contributed by atoms with van der Waals surface area (Å²) in [6.07, 6.45) is 1.70. The van der Waals surface area contributed by atoms with E-state index in [1.165, 1.54) is 4.90 Å². The molecule has 0 spiro atoms. The lowest BCUT2D eigenvalue weighted by molar-refractivity contribution is -0.117. The fourth-order valence-electron chi connectivity index (χ4n) is 1.33. The second-order valence-electron chi connectivity index (χ2n) is 3.53. The average molecular weight is 229 g/mol. The number of likely N-dealkylation sites (N-methyl/N-ethyl adjacent to an activating group) is 1. The molecule has 0 atom stereocenters. The molecule has 0 aliphatic carbocycles. The second kappa shape index (κ2) is 6.46. The van der Waals surface area contributed by atoms with E-state index in [-0.39, 0.29) is 12.5 Å². The molecular formula is C13H15N3O. The molecule has 4 nitrogen and oxygen atoms in total. The van der Waals surface area contributed by atoms with Crippen LogP contribution in [0.3, 0.4) is 0 Å². The monoisotopic (exact) mass is 229 g/mol. The Morgan fingerprint density at radius 3 is 3.06 bits per heavy atom. The molecule has 0 saturated heterocycles. The third-order valence-electron chi connectivity index (χ3n) is 2.30. The molecule has 0 saturated carbocycles. The van der Waals surface area contributed by atoms with Crippen molar-refractivity contribution in [3.05, 3.63) is 42.5 Å². The smallest absolute Gasteiger partial charge is 0.240 e. The zero-order chi connectivity index (χ0) is 12.7. The van der Waals surface area contributed by atoms with Gasteiger partial charge in [-0.25, -0.2) is 0 Å². The number of anilines is 1. The van der Waals surface area contributed by atoms with Gasteiger partial charge in [0.25, 0.3) is 0 Å². The van der Waals surface area contributed by atoms with Gasteiger partial charge in [-0.1, -0.05) is 12.1 Å². The van der Waals surface area contributed by atoms with Gasteiger partial charge in [0.05, 0.1) is 18.2 Å². The van der Waals surface area contributed by atoms with Crippen LogP contribution in [-0.4, -0.2) is 26.0 Å². The standard InChI is InChI=1S/C13H15N3O/c1-3-7-15-10-13(17)16(2)12-6-4-5-11(8-12)9-14/h3-6,8,15H,1,7,10H2,2H3. The third kappa shape index (κ3) is 3.74. The number of carbonyl (C=O) groups is 1. The van der Waals surface area contributed by atoms with E-state index in [4.69, 9.17) is 5.26 Å². The molecule has 0 bridgehead atoms. The van der Waals surface area contributed by atoms with Gasteiger partial charge in [-0.05, 0) is 18.2 Å². The van der Waals surface area contributed by atoms with E-state index in [1.54, 1.807) is 37.4 Å². The van der Waals surface area contributed by atoms with Crippen molar-refractivity contribution in [3.8, 4) is 6.07 Å². The zero-order valence-electron chi connectivity index (χ0n) is 9.81. The first-order valence-electron chi connectivity index (χ1n) is 5.27. The fraction of sp³-hybridized carbons (Fsp3) is 0.231. The maximum atomic E-state index is 11.8. The first kappa shape index (κ1) is 12.9. The number of nitriles is 1. The molecule has 0 heterocycles. The second-order valence-corrected chi connectivity index (χ2v) is 3.53. The molecule has 1 amide bonds. The van der Waals surface area contributed by atoms with Crippen molar-refractivity contribution in [2.45, 2.75) is 0 Å². The Bertz CT molecular complexity index is 448. The van der Waals surface area contributed by atoms with Gasteiger partial charge in [0.15, 0.2) is 0 Å². The summed E-state index contributed by atoms with van der Waals surface area (Å²) >= 11 is 0. The molecule has 88 valence electrons. The molecule has 0 aliphatic rings. The molecule has 4 heteroatoms. The highest BCUT2D eigenvalue weighted by atomic mass is 16.2. The van der Waals surface area contributed by atoms with Gasteiger partial charge in [-0.2, -0.15) is 5.26 Å². The predicted molar refractivity (Wildman–Crippen MR) is 67.6 cm³/mol. The summed E-state index contributed by atoms with van der Waals surface area (Å²) < 4.78 is 0. The maximum Gasteiger partial charge on any atom is 0.240 e. The van der Waals surface area contributed by atoms with E-state index in [9.17, 15) is 4.79 Å². The van der Waals surface area contributed by atoms with Crippen molar-refractivity contribution < 1.29 is 4.79 Å². The van der Waals surface area contributed by atoms with Crippen LogP contribution in [0.5, 0.6) is 0 Å². The Morgan fingerprint density at radius 1 is 1.65 bits per heavy atom. The van der Waals surface area contributed by atoms with E-state index in [1.807, 2.05) is 6.07 Å². The van der Waals surface area contributed by atoms with Gasteiger partial charge in [0.2, 0.25) is 5.91 Å². The maximum absolute atomic E-state index is 11.8. The minimum atomic E-state index is -0.0538. The molecule has 1 rings (SSSR count). The SMILES string of the molecule is C=CCNCC(=O)N(C)c1cccc(C#N)c1. The molecule has 0 aliphatic heterocycles. The summed E-state index contributed by atoms with van der Waals surface area (Å²) in [5.41, 5.74) is 1.26. The van der Waals surface area contributed by atoms with Crippen LogP contribution in [0.4, 0.5) is 5.69 Å². The number of carbonyl (C=O) groups excluding carboxylic acids is 1. The summed E-state index contributed by atoms with van der Waals surface area (Å²) in [5, 5.41) is 11.7. The topological polar surface area (TPSA) is 56.1 Å². The molecule has 1 N–H and O–H groups in total. The van der Waals surface area contributed by atoms with Gasteiger partial charge in [0, 0.05) is 19.3 Å². The van der Waals surface area contributed by atoms with Crippen molar-refractivity contribution >= 4 is 11.6 Å². The van der Waals surface area contributed by atoms with E-state index in [0.717, 1.165) is 5.69 Å². The first-order chi connectivity index (χ1) is 8.19. The number of nitrogens with one attached hydrogen (secondary N) is 1. The molecule has 17 heavy (non-hydrogen) atoms. The summed E-state index contributed by atoms with van der Waals surface area (Å²) in [6, 6.07) is 9.00. The molecule has 1 aromatic carbocycles. The van der Waals surface area contributed by atoms with Crippen LogP contribution in [0.2, 0.25) is 0 Å². The molecule has 0 fully saturated rings. The van der Waals surface area contributed by atoms with Crippen LogP contribution in [-0.2, 0) is 4.79 Å². The lowest BCUT2D eigenvalue weighted by atomic mass is 10.2. The minimum absolute atomic E-state index is 0.0538. The average Bonchev–Trinajstić information content (AvgIpc) is 2.38. The third-order valence-corrected chi connectivity index (χ3v) is 2.30. The van der Waals surface area contributed by atoms with Gasteiger partial charge >= 0.3 is 0 Å². The Hall–Kier alpha value is -2.12. The summed E-state index contributed by atoms with van der Waals surface area (Å²) in [7, 11) is 1.69. The largest absolute Gasteiger partial charge is 0.314 e. The van der Waals surface area contributed by atoms with Crippen LogP contribution < -0.4 is 10.2 Å². The van der Waals surface area contributed by atoms with E-state index in [2.05, 4.69) is 11.9 Å². The number of nitrogens with zero attached hydrogens (tertiary/aromatic N) is 2. The quantitative estimate of drug-likeness (QED) is 0.611. The number of benzene rings is 1. The van der Waals surface area contributed by atoms with Gasteiger partial charge in [-0.15, -0.1) is 6.58 Å². The molecule has 0 aromatic heterocycles. The molecule has 0 radical (unpaired) electrons. The van der Waals surface area contributed by atoms with Crippen LogP contribution in [0.1, 0.15) is 5.56 Å². The lowest BCUT2D eigenvalue weighted by Crippen LogP contribution is -2.35. The summed E-state index contributed by atoms with van der Waals surface area (Å²) in [6.45, 7) is 4.40. The lowest BCUT2D eigenvalue weighted by Gasteiger charge is -2.17. The van der Waals surface area contributed by atoms with Crippen LogP contribution in [0.15, 0.2) is 36.9 Å². The minimum Gasteiger partial charge on any atom is -0.314 e. The normalized spacial score (nSPS) is 9.41. The Morgan fingerprint density at radius 2 is 2.41 bits per heavy atom. The predicted octanol–water partition coefficient (Wildman–Crippen LogP) is 1.30. The van der Waals surface area contributed by atoms with Gasteiger partial charge < -0.3 is 10.2 Å². The number of hydrogen-bond acceptors (Lipinski definition) is 3. The van der Waals surface area contributed by atoms with E-state index >= 15 is 0 Å². The Kier molecular flexibility index (Phi) is 4.92. The van der Waals surface area contributed by atoms with Gasteiger partial charge in [-0.3, -0.25) is 4.79 Å².